The quantitative estimate of drug-likeness (QED) is 0.895. The van der Waals surface area contributed by atoms with Crippen LogP contribution in [-0.2, 0) is 11.2 Å². The van der Waals surface area contributed by atoms with Crippen LogP contribution in [0.2, 0.25) is 0 Å². The van der Waals surface area contributed by atoms with Crippen molar-refractivity contribution in [3.8, 4) is 5.69 Å². The van der Waals surface area contributed by atoms with E-state index in [0.717, 1.165) is 30.8 Å². The summed E-state index contributed by atoms with van der Waals surface area (Å²) >= 11 is 0. The minimum atomic E-state index is 0. The summed E-state index contributed by atoms with van der Waals surface area (Å²) in [5.74, 6) is 0.0885. The van der Waals surface area contributed by atoms with Crippen LogP contribution in [-0.4, -0.2) is 34.8 Å². The Labute approximate surface area is 130 Å². The number of nitrogens with one attached hydrogen (secondary N) is 2. The molecule has 5 nitrogen and oxygen atoms in total. The number of halogens is 1. The van der Waals surface area contributed by atoms with Gasteiger partial charge >= 0.3 is 0 Å². The lowest BCUT2D eigenvalue weighted by molar-refractivity contribution is -0.121. The lowest BCUT2D eigenvalue weighted by Crippen LogP contribution is -2.37. The van der Waals surface area contributed by atoms with Gasteiger partial charge in [0.15, 0.2) is 0 Å². The van der Waals surface area contributed by atoms with Crippen molar-refractivity contribution in [2.24, 2.45) is 0 Å². The zero-order chi connectivity index (χ0) is 13.8. The molecule has 1 aromatic carbocycles. The van der Waals surface area contributed by atoms with E-state index in [9.17, 15) is 4.79 Å². The summed E-state index contributed by atoms with van der Waals surface area (Å²) in [5, 5.41) is 10.5. The fourth-order valence-electron chi connectivity index (χ4n) is 2.43. The molecule has 2 N–H and O–H groups in total. The van der Waals surface area contributed by atoms with Crippen LogP contribution in [0.1, 0.15) is 12.0 Å². The maximum absolute atomic E-state index is 11.9. The molecule has 6 heteroatoms. The molecule has 21 heavy (non-hydrogen) atoms. The summed E-state index contributed by atoms with van der Waals surface area (Å²) in [6.45, 7) is 1.87. The molecule has 2 heterocycles. The molecule has 1 amide bonds. The maximum atomic E-state index is 11.9. The zero-order valence-electron chi connectivity index (χ0n) is 11.7. The van der Waals surface area contributed by atoms with Gasteiger partial charge in [-0.15, -0.1) is 12.4 Å². The molecular formula is C15H19ClN4O. The molecule has 1 unspecified atom stereocenters. The Balaban J connectivity index is 0.00000161. The summed E-state index contributed by atoms with van der Waals surface area (Å²) < 4.78 is 1.80. The van der Waals surface area contributed by atoms with Gasteiger partial charge in [-0.3, -0.25) is 4.79 Å². The summed E-state index contributed by atoms with van der Waals surface area (Å²) in [4.78, 5) is 11.9. The third kappa shape index (κ3) is 4.06. The third-order valence-electron chi connectivity index (χ3n) is 3.50. The van der Waals surface area contributed by atoms with Crippen LogP contribution in [0, 0.1) is 0 Å². The fourth-order valence-corrected chi connectivity index (χ4v) is 2.43. The number of amides is 1. The molecule has 1 aliphatic heterocycles. The molecule has 0 spiro atoms. The second-order valence-electron chi connectivity index (χ2n) is 5.05. The van der Waals surface area contributed by atoms with Crippen LogP contribution in [0.15, 0.2) is 42.7 Å². The van der Waals surface area contributed by atoms with Gasteiger partial charge in [-0.25, -0.2) is 4.68 Å². The highest BCUT2D eigenvalue weighted by Crippen LogP contribution is 2.09. The third-order valence-corrected chi connectivity index (χ3v) is 3.50. The number of rotatable bonds is 4. The van der Waals surface area contributed by atoms with Gasteiger partial charge in [0.25, 0.3) is 0 Å². The van der Waals surface area contributed by atoms with Crippen LogP contribution in [0.25, 0.3) is 5.69 Å². The van der Waals surface area contributed by atoms with Crippen molar-refractivity contribution in [3.05, 3.63) is 48.3 Å². The highest BCUT2D eigenvalue weighted by Gasteiger charge is 2.16. The molecule has 1 fully saturated rings. The molecule has 1 aromatic heterocycles. The van der Waals surface area contributed by atoms with E-state index in [1.807, 2.05) is 36.5 Å². The van der Waals surface area contributed by atoms with Gasteiger partial charge in [0.2, 0.25) is 5.91 Å². The lowest BCUT2D eigenvalue weighted by atomic mass is 10.1. The first-order valence-electron chi connectivity index (χ1n) is 6.90. The molecule has 0 saturated carbocycles. The molecular weight excluding hydrogens is 288 g/mol. The van der Waals surface area contributed by atoms with Crippen LogP contribution < -0.4 is 10.6 Å². The molecule has 0 aliphatic carbocycles. The van der Waals surface area contributed by atoms with Crippen LogP contribution in [0.5, 0.6) is 0 Å². The number of hydrogen-bond acceptors (Lipinski definition) is 3. The molecule has 0 radical (unpaired) electrons. The molecule has 1 aliphatic rings. The fraction of sp³-hybridized carbons (Fsp3) is 0.333. The first-order valence-corrected chi connectivity index (χ1v) is 6.90. The van der Waals surface area contributed by atoms with Crippen molar-refractivity contribution in [3.63, 3.8) is 0 Å². The van der Waals surface area contributed by atoms with Gasteiger partial charge in [0, 0.05) is 25.0 Å². The largest absolute Gasteiger partial charge is 0.352 e. The Kier molecular flexibility index (Phi) is 5.36. The number of aromatic nitrogens is 2. The summed E-state index contributed by atoms with van der Waals surface area (Å²) in [7, 11) is 0. The predicted octanol–water partition coefficient (Wildman–Crippen LogP) is 1.31. The number of carbonyl (C=O) groups excluding carboxylic acids is 1. The maximum Gasteiger partial charge on any atom is 0.224 e. The average molecular weight is 307 g/mol. The standard InChI is InChI=1S/C15H18N4O.ClH/c20-15(18-13-6-8-16-11-13)10-12-2-4-14(5-3-12)19-9-1-7-17-19;/h1-5,7,9,13,16H,6,8,10-11H2,(H,18,20);1H. The van der Waals surface area contributed by atoms with Crippen molar-refractivity contribution in [2.45, 2.75) is 18.9 Å². The number of nitrogens with zero attached hydrogens (tertiary/aromatic N) is 2. The average Bonchev–Trinajstić information content (AvgIpc) is 3.12. The van der Waals surface area contributed by atoms with Crippen molar-refractivity contribution in [1.82, 2.24) is 20.4 Å². The van der Waals surface area contributed by atoms with Gasteiger partial charge in [0.05, 0.1) is 12.1 Å². The summed E-state index contributed by atoms with van der Waals surface area (Å²) in [6.07, 6.45) is 5.09. The Morgan fingerprint density at radius 3 is 2.81 bits per heavy atom. The van der Waals surface area contributed by atoms with Crippen molar-refractivity contribution in [2.75, 3.05) is 13.1 Å². The Bertz CT molecular complexity index is 562. The van der Waals surface area contributed by atoms with Crippen molar-refractivity contribution >= 4 is 18.3 Å². The molecule has 0 bridgehead atoms. The summed E-state index contributed by atoms with van der Waals surface area (Å²) in [6, 6.07) is 10.1. The SMILES string of the molecule is Cl.O=C(Cc1ccc(-n2cccn2)cc1)NC1CCNC1. The van der Waals surface area contributed by atoms with Crippen LogP contribution in [0.3, 0.4) is 0 Å². The highest BCUT2D eigenvalue weighted by molar-refractivity contribution is 5.85. The van der Waals surface area contributed by atoms with Gasteiger partial charge in [-0.05, 0) is 36.7 Å². The molecule has 3 rings (SSSR count). The molecule has 2 aromatic rings. The van der Waals surface area contributed by atoms with Crippen LogP contribution >= 0.6 is 12.4 Å². The summed E-state index contributed by atoms with van der Waals surface area (Å²) in [5.41, 5.74) is 2.02. The minimum Gasteiger partial charge on any atom is -0.352 e. The first-order chi connectivity index (χ1) is 9.81. The number of hydrogen-bond donors (Lipinski definition) is 2. The number of carbonyl (C=O) groups is 1. The van der Waals surface area contributed by atoms with Gasteiger partial charge in [-0.2, -0.15) is 5.10 Å². The van der Waals surface area contributed by atoms with E-state index >= 15 is 0 Å². The lowest BCUT2D eigenvalue weighted by Gasteiger charge is -2.11. The van der Waals surface area contributed by atoms with E-state index in [4.69, 9.17) is 0 Å². The molecule has 112 valence electrons. The van der Waals surface area contributed by atoms with E-state index in [2.05, 4.69) is 15.7 Å². The van der Waals surface area contributed by atoms with E-state index in [0.29, 0.717) is 6.42 Å². The minimum absolute atomic E-state index is 0. The predicted molar refractivity (Wildman–Crippen MR) is 83.9 cm³/mol. The topological polar surface area (TPSA) is 59.0 Å². The van der Waals surface area contributed by atoms with Crippen molar-refractivity contribution in [1.29, 1.82) is 0 Å². The molecule has 1 saturated heterocycles. The van der Waals surface area contributed by atoms with Gasteiger partial charge in [0.1, 0.15) is 0 Å². The zero-order valence-corrected chi connectivity index (χ0v) is 12.5. The molecule has 1 atom stereocenters. The smallest absolute Gasteiger partial charge is 0.224 e. The first kappa shape index (κ1) is 15.5. The normalized spacial score (nSPS) is 17.2. The highest BCUT2D eigenvalue weighted by atomic mass is 35.5. The van der Waals surface area contributed by atoms with E-state index in [-0.39, 0.29) is 24.4 Å². The monoisotopic (exact) mass is 306 g/mol. The van der Waals surface area contributed by atoms with E-state index in [1.165, 1.54) is 0 Å². The Hall–Kier alpha value is -1.85. The second-order valence-corrected chi connectivity index (χ2v) is 5.05. The number of benzene rings is 1. The Morgan fingerprint density at radius 1 is 1.38 bits per heavy atom. The second kappa shape index (κ2) is 7.24. The Morgan fingerprint density at radius 2 is 2.19 bits per heavy atom. The van der Waals surface area contributed by atoms with Crippen molar-refractivity contribution < 1.29 is 4.79 Å². The van der Waals surface area contributed by atoms with Crippen LogP contribution in [0.4, 0.5) is 0 Å². The van der Waals surface area contributed by atoms with E-state index < -0.39 is 0 Å². The van der Waals surface area contributed by atoms with E-state index in [1.54, 1.807) is 10.9 Å². The van der Waals surface area contributed by atoms with Gasteiger partial charge < -0.3 is 10.6 Å². The van der Waals surface area contributed by atoms with Gasteiger partial charge in [-0.1, -0.05) is 12.1 Å².